The zero-order valence-corrected chi connectivity index (χ0v) is 26.7. The molecule has 0 spiro atoms. The van der Waals surface area contributed by atoms with Crippen LogP contribution >= 0.6 is 0 Å². The van der Waals surface area contributed by atoms with Crippen molar-refractivity contribution in [3.8, 4) is 44.5 Å². The van der Waals surface area contributed by atoms with Gasteiger partial charge in [-0.1, -0.05) is 152 Å². The third kappa shape index (κ3) is 4.47. The molecule has 0 aliphatic rings. The van der Waals surface area contributed by atoms with Crippen LogP contribution in [0.25, 0.3) is 98.8 Å². The largest absolute Gasteiger partial charge is 0.456 e. The molecule has 0 saturated carbocycles. The molecule has 1 aromatic heterocycles. The van der Waals surface area contributed by atoms with Crippen LogP contribution in [-0.2, 0) is 0 Å². The van der Waals surface area contributed by atoms with Gasteiger partial charge in [-0.25, -0.2) is 0 Å². The Morgan fingerprint density at radius 1 is 0.265 bits per heavy atom. The number of rotatable bonds is 4. The van der Waals surface area contributed by atoms with E-state index in [2.05, 4.69) is 170 Å². The molecule has 9 aromatic carbocycles. The van der Waals surface area contributed by atoms with E-state index in [4.69, 9.17) is 4.42 Å². The quantitative estimate of drug-likeness (QED) is 0.178. The minimum Gasteiger partial charge on any atom is -0.456 e. The van der Waals surface area contributed by atoms with E-state index in [1.807, 2.05) is 12.1 Å². The molecule has 0 aliphatic carbocycles. The molecule has 0 fully saturated rings. The molecule has 0 saturated heterocycles. The molecule has 1 nitrogen and oxygen atoms in total. The fraction of sp³-hybridized carbons (Fsp3) is 0. The van der Waals surface area contributed by atoms with Gasteiger partial charge in [0.1, 0.15) is 11.2 Å². The van der Waals surface area contributed by atoms with Gasteiger partial charge in [-0.15, -0.1) is 0 Å². The summed E-state index contributed by atoms with van der Waals surface area (Å²) in [5, 5.41) is 9.76. The summed E-state index contributed by atoms with van der Waals surface area (Å²) in [6.07, 6.45) is 0. The number of hydrogen-bond acceptors (Lipinski definition) is 1. The van der Waals surface area contributed by atoms with E-state index in [9.17, 15) is 0 Å². The Kier molecular flexibility index (Phi) is 6.25. The monoisotopic (exact) mass is 622 g/mol. The molecule has 1 heterocycles. The molecule has 0 aliphatic heterocycles. The highest BCUT2D eigenvalue weighted by atomic mass is 16.3. The Morgan fingerprint density at radius 3 is 1.57 bits per heavy atom. The summed E-state index contributed by atoms with van der Waals surface area (Å²) in [4.78, 5) is 0. The molecule has 49 heavy (non-hydrogen) atoms. The van der Waals surface area contributed by atoms with Crippen molar-refractivity contribution >= 4 is 54.3 Å². The van der Waals surface area contributed by atoms with Gasteiger partial charge in [-0.05, 0) is 107 Å². The van der Waals surface area contributed by atoms with E-state index in [0.717, 1.165) is 21.9 Å². The highest BCUT2D eigenvalue weighted by molar-refractivity contribution is 6.24. The van der Waals surface area contributed by atoms with Gasteiger partial charge in [0.05, 0.1) is 0 Å². The molecule has 0 N–H and O–H groups in total. The van der Waals surface area contributed by atoms with Crippen molar-refractivity contribution in [2.24, 2.45) is 0 Å². The van der Waals surface area contributed by atoms with Gasteiger partial charge >= 0.3 is 0 Å². The van der Waals surface area contributed by atoms with E-state index < -0.39 is 0 Å². The first-order chi connectivity index (χ1) is 24.3. The number of furan rings is 1. The molecule has 0 radical (unpaired) electrons. The second-order valence-electron chi connectivity index (χ2n) is 12.8. The number of hydrogen-bond donors (Lipinski definition) is 0. The minimum atomic E-state index is 0.914. The lowest BCUT2D eigenvalue weighted by Crippen LogP contribution is -1.92. The summed E-state index contributed by atoms with van der Waals surface area (Å²) in [5.74, 6) is 0. The van der Waals surface area contributed by atoms with E-state index >= 15 is 0 Å². The molecule has 10 aromatic rings. The predicted molar refractivity (Wildman–Crippen MR) is 208 cm³/mol. The smallest absolute Gasteiger partial charge is 0.135 e. The zero-order valence-electron chi connectivity index (χ0n) is 26.7. The van der Waals surface area contributed by atoms with Crippen LogP contribution < -0.4 is 0 Å². The summed E-state index contributed by atoms with van der Waals surface area (Å²) >= 11 is 0. The molecule has 0 amide bonds. The molecule has 0 atom stereocenters. The maximum Gasteiger partial charge on any atom is 0.135 e. The van der Waals surface area contributed by atoms with Gasteiger partial charge in [0.25, 0.3) is 0 Å². The van der Waals surface area contributed by atoms with E-state index in [-0.39, 0.29) is 0 Å². The first kappa shape index (κ1) is 27.7. The summed E-state index contributed by atoms with van der Waals surface area (Å²) in [5.41, 5.74) is 11.7. The maximum absolute atomic E-state index is 6.20. The molecule has 1 heteroatoms. The van der Waals surface area contributed by atoms with Crippen LogP contribution in [0.4, 0.5) is 0 Å². The van der Waals surface area contributed by atoms with Crippen molar-refractivity contribution in [1.29, 1.82) is 0 Å². The van der Waals surface area contributed by atoms with Crippen LogP contribution in [0, 0.1) is 0 Å². The van der Waals surface area contributed by atoms with Gasteiger partial charge in [0.2, 0.25) is 0 Å². The lowest BCUT2D eigenvalue weighted by molar-refractivity contribution is 0.669. The Bertz CT molecular complexity index is 2820. The minimum absolute atomic E-state index is 0.914. The van der Waals surface area contributed by atoms with Crippen molar-refractivity contribution in [2.45, 2.75) is 0 Å². The van der Waals surface area contributed by atoms with Crippen molar-refractivity contribution in [2.75, 3.05) is 0 Å². The molecular formula is C48H30O. The fourth-order valence-corrected chi connectivity index (χ4v) is 7.80. The Hall–Kier alpha value is -6.44. The van der Waals surface area contributed by atoms with Crippen molar-refractivity contribution in [3.05, 3.63) is 182 Å². The molecule has 228 valence electrons. The second kappa shape index (κ2) is 11.1. The van der Waals surface area contributed by atoms with Crippen molar-refractivity contribution in [1.82, 2.24) is 0 Å². The highest BCUT2D eigenvalue weighted by Crippen LogP contribution is 2.46. The van der Waals surface area contributed by atoms with E-state index in [1.165, 1.54) is 76.8 Å². The van der Waals surface area contributed by atoms with Crippen LogP contribution in [0.1, 0.15) is 0 Å². The van der Waals surface area contributed by atoms with E-state index in [0.29, 0.717) is 0 Å². The van der Waals surface area contributed by atoms with Gasteiger partial charge in [0.15, 0.2) is 0 Å². The normalized spacial score (nSPS) is 11.7. The lowest BCUT2D eigenvalue weighted by Gasteiger charge is -2.19. The number of fused-ring (bicyclic) bond motifs is 6. The third-order valence-corrected chi connectivity index (χ3v) is 10.0. The van der Waals surface area contributed by atoms with Crippen LogP contribution in [0.3, 0.4) is 0 Å². The molecular weight excluding hydrogens is 593 g/mol. The van der Waals surface area contributed by atoms with Gasteiger partial charge in [0, 0.05) is 10.8 Å². The first-order valence-electron chi connectivity index (χ1n) is 16.8. The molecule has 0 bridgehead atoms. The Balaban J connectivity index is 1.18. The zero-order chi connectivity index (χ0) is 32.3. The van der Waals surface area contributed by atoms with Crippen LogP contribution in [-0.4, -0.2) is 0 Å². The van der Waals surface area contributed by atoms with Gasteiger partial charge in [-0.3, -0.25) is 0 Å². The number of para-hydroxylation sites is 1. The molecule has 0 unspecified atom stereocenters. The van der Waals surface area contributed by atoms with E-state index in [1.54, 1.807) is 0 Å². The predicted octanol–water partition coefficient (Wildman–Crippen LogP) is 13.7. The van der Waals surface area contributed by atoms with Crippen molar-refractivity contribution < 1.29 is 4.42 Å². The Morgan fingerprint density at radius 2 is 0.816 bits per heavy atom. The van der Waals surface area contributed by atoms with Crippen LogP contribution in [0.5, 0.6) is 0 Å². The summed E-state index contributed by atoms with van der Waals surface area (Å²) in [6.45, 7) is 0. The molecule has 10 rings (SSSR count). The fourth-order valence-electron chi connectivity index (χ4n) is 7.80. The Labute approximate surface area is 284 Å². The van der Waals surface area contributed by atoms with Gasteiger partial charge in [-0.2, -0.15) is 0 Å². The summed E-state index contributed by atoms with van der Waals surface area (Å²) < 4.78 is 6.20. The number of benzene rings is 9. The average molecular weight is 623 g/mol. The highest BCUT2D eigenvalue weighted by Gasteiger charge is 2.19. The summed E-state index contributed by atoms with van der Waals surface area (Å²) in [6, 6.07) is 65.9. The van der Waals surface area contributed by atoms with Crippen LogP contribution in [0.15, 0.2) is 186 Å². The third-order valence-electron chi connectivity index (χ3n) is 10.0. The van der Waals surface area contributed by atoms with Crippen molar-refractivity contribution in [3.63, 3.8) is 0 Å². The average Bonchev–Trinajstić information content (AvgIpc) is 3.55. The first-order valence-corrected chi connectivity index (χ1v) is 16.8. The standard InChI is InChI=1S/C48H30O/c1-2-12-31(13-3-1)32-14-10-15-33(28-32)34-24-26-37-35(29-34)16-11-22-39(37)48-42-20-6-4-18-40(42)47(41-19-5-7-21-43(41)48)36-25-27-46-44(30-36)38-17-8-9-23-45(38)49-46/h1-30H. The SMILES string of the molecule is c1ccc(-c2cccc(-c3ccc4c(-c5c6ccccc6c(-c6ccc7oc8ccccc8c7c6)c6ccccc56)cccc4c3)c2)cc1. The topological polar surface area (TPSA) is 13.1 Å². The van der Waals surface area contributed by atoms with Gasteiger partial charge < -0.3 is 4.42 Å². The second-order valence-corrected chi connectivity index (χ2v) is 12.8. The lowest BCUT2D eigenvalue weighted by atomic mass is 9.84. The maximum atomic E-state index is 6.20. The summed E-state index contributed by atoms with van der Waals surface area (Å²) in [7, 11) is 0. The van der Waals surface area contributed by atoms with Crippen LogP contribution in [0.2, 0.25) is 0 Å².